The van der Waals surface area contributed by atoms with Crippen LogP contribution in [0.2, 0.25) is 0 Å². The Morgan fingerprint density at radius 3 is 2.70 bits per heavy atom. The molecule has 1 aromatic carbocycles. The summed E-state index contributed by atoms with van der Waals surface area (Å²) in [6.07, 6.45) is 7.29. The number of nitrogens with zero attached hydrogens (tertiary/aromatic N) is 2. The van der Waals surface area contributed by atoms with Gasteiger partial charge in [0.2, 0.25) is 17.6 Å². The van der Waals surface area contributed by atoms with E-state index in [9.17, 15) is 19.5 Å². The Balaban J connectivity index is 1.53. The summed E-state index contributed by atoms with van der Waals surface area (Å²) >= 11 is 1.39. The molecule has 1 aliphatic heterocycles. The molecule has 2 atom stereocenters. The molecule has 1 saturated carbocycles. The van der Waals surface area contributed by atoms with Crippen molar-refractivity contribution in [1.29, 1.82) is 0 Å². The molecule has 2 aromatic rings. The number of hydrogen-bond acceptors (Lipinski definition) is 6. The number of aromatic nitrogens is 1. The molecule has 33 heavy (non-hydrogen) atoms. The fraction of sp³-hybridized carbons (Fsp3) is 0.520. The fourth-order valence-corrected chi connectivity index (χ4v) is 5.88. The normalized spacial score (nSPS) is 19.9. The van der Waals surface area contributed by atoms with E-state index in [4.69, 9.17) is 0 Å². The average molecular weight is 470 g/mol. The molecule has 0 radical (unpaired) electrons. The van der Waals surface area contributed by atoms with E-state index in [1.807, 2.05) is 4.90 Å². The largest absolute Gasteiger partial charge is 0.508 e. The first-order valence-corrected chi connectivity index (χ1v) is 12.7. The van der Waals surface area contributed by atoms with Crippen molar-refractivity contribution < 1.29 is 19.5 Å². The highest BCUT2D eigenvalue weighted by atomic mass is 32.1. The van der Waals surface area contributed by atoms with Crippen LogP contribution in [0.25, 0.3) is 0 Å². The lowest BCUT2D eigenvalue weighted by Crippen LogP contribution is -2.52. The predicted molar refractivity (Wildman–Crippen MR) is 126 cm³/mol. The van der Waals surface area contributed by atoms with Crippen molar-refractivity contribution in [1.82, 2.24) is 15.2 Å². The summed E-state index contributed by atoms with van der Waals surface area (Å²) in [5, 5.41) is 15.2. The number of carbonyl (C=O) groups excluding carboxylic acids is 3. The number of hydrogen-bond donors (Lipinski definition) is 2. The Labute approximate surface area is 198 Å². The number of phenolic OH excluding ortho intramolecular Hbond substituents is 1. The lowest BCUT2D eigenvalue weighted by atomic mass is 9.83. The van der Waals surface area contributed by atoms with Crippen molar-refractivity contribution in [3.05, 3.63) is 45.9 Å². The van der Waals surface area contributed by atoms with Gasteiger partial charge < -0.3 is 15.3 Å². The van der Waals surface area contributed by atoms with Gasteiger partial charge in [-0.15, -0.1) is 11.3 Å². The number of carbonyl (C=O) groups is 3. The number of ketones is 1. The van der Waals surface area contributed by atoms with Crippen LogP contribution in [0.15, 0.2) is 29.6 Å². The number of thiazole rings is 1. The molecule has 1 saturated heterocycles. The van der Waals surface area contributed by atoms with Crippen LogP contribution < -0.4 is 5.32 Å². The molecule has 176 valence electrons. The van der Waals surface area contributed by atoms with Crippen molar-refractivity contribution >= 4 is 28.9 Å². The molecule has 1 aromatic heterocycles. The van der Waals surface area contributed by atoms with Crippen LogP contribution in [0.3, 0.4) is 0 Å². The van der Waals surface area contributed by atoms with Gasteiger partial charge in [0.05, 0.1) is 6.04 Å². The van der Waals surface area contributed by atoms with E-state index in [1.54, 1.807) is 24.4 Å². The van der Waals surface area contributed by atoms with Gasteiger partial charge in [0.25, 0.3) is 0 Å². The molecule has 1 aliphatic carbocycles. The molecule has 2 fully saturated rings. The molecule has 7 nitrogen and oxygen atoms in total. The minimum Gasteiger partial charge on any atom is -0.508 e. The second-order valence-corrected chi connectivity index (χ2v) is 9.83. The summed E-state index contributed by atoms with van der Waals surface area (Å²) in [4.78, 5) is 45.2. The number of amides is 2. The highest BCUT2D eigenvalue weighted by Gasteiger charge is 2.39. The van der Waals surface area contributed by atoms with Crippen LogP contribution in [0, 0.1) is 5.92 Å². The summed E-state index contributed by atoms with van der Waals surface area (Å²) in [6, 6.07) is 5.55. The second-order valence-electron chi connectivity index (χ2n) is 8.94. The molecule has 0 unspecified atom stereocenters. The Morgan fingerprint density at radius 2 is 1.97 bits per heavy atom. The highest BCUT2D eigenvalue weighted by Crippen LogP contribution is 2.36. The van der Waals surface area contributed by atoms with Crippen molar-refractivity contribution in [2.45, 2.75) is 70.4 Å². The Bertz CT molecular complexity index is 1010. The molecule has 2 aliphatic rings. The summed E-state index contributed by atoms with van der Waals surface area (Å²) in [5.74, 6) is -0.168. The summed E-state index contributed by atoms with van der Waals surface area (Å²) in [5.41, 5.74) is 0.703. The lowest BCUT2D eigenvalue weighted by molar-refractivity contribution is -0.139. The van der Waals surface area contributed by atoms with E-state index < -0.39 is 6.04 Å². The van der Waals surface area contributed by atoms with Gasteiger partial charge in [0.1, 0.15) is 22.5 Å². The third-order valence-corrected chi connectivity index (χ3v) is 7.65. The highest BCUT2D eigenvalue weighted by molar-refractivity contribution is 7.10. The summed E-state index contributed by atoms with van der Waals surface area (Å²) < 4.78 is 0. The van der Waals surface area contributed by atoms with Crippen molar-refractivity contribution in [3.63, 3.8) is 0 Å². The summed E-state index contributed by atoms with van der Waals surface area (Å²) in [7, 11) is 0. The van der Waals surface area contributed by atoms with Crippen LogP contribution in [0.1, 0.15) is 85.4 Å². The van der Waals surface area contributed by atoms with E-state index >= 15 is 0 Å². The molecule has 2 heterocycles. The topological polar surface area (TPSA) is 99.6 Å². The van der Waals surface area contributed by atoms with Gasteiger partial charge in [-0.3, -0.25) is 14.4 Å². The van der Waals surface area contributed by atoms with E-state index in [0.29, 0.717) is 24.2 Å². The van der Waals surface area contributed by atoms with Crippen LogP contribution in [-0.4, -0.2) is 45.2 Å². The van der Waals surface area contributed by atoms with Crippen LogP contribution in [-0.2, 0) is 9.59 Å². The van der Waals surface area contributed by atoms with Crippen molar-refractivity contribution in [2.24, 2.45) is 5.92 Å². The predicted octanol–water partition coefficient (Wildman–Crippen LogP) is 4.22. The quantitative estimate of drug-likeness (QED) is 0.592. The standard InChI is InChI=1S/C25H31N3O4S/c1-2-21(30)27-22(16-8-4-3-5-9-16)25(32)28-13-7-12-20(28)24-26-19(15-33-24)23(31)17-10-6-11-18(29)14-17/h6,10-11,14-16,20,22,29H,2-5,7-9,12-13H2,1H3,(H,27,30)/t20-,22-/m0/s1. The number of nitrogens with one attached hydrogen (secondary N) is 1. The minimum atomic E-state index is -0.494. The van der Waals surface area contributed by atoms with Crippen molar-refractivity contribution in [3.8, 4) is 5.75 Å². The molecule has 0 bridgehead atoms. The SMILES string of the molecule is CCC(=O)N[C@H](C(=O)N1CCC[C@H]1c1nc(C(=O)c2cccc(O)c2)cs1)C1CCCCC1. The van der Waals surface area contributed by atoms with Crippen molar-refractivity contribution in [2.75, 3.05) is 6.54 Å². The molecule has 2 N–H and O–H groups in total. The number of aromatic hydroxyl groups is 1. The number of phenols is 1. The van der Waals surface area contributed by atoms with E-state index in [2.05, 4.69) is 10.3 Å². The van der Waals surface area contributed by atoms with Gasteiger partial charge >= 0.3 is 0 Å². The smallest absolute Gasteiger partial charge is 0.246 e. The van der Waals surface area contributed by atoms with Gasteiger partial charge in [-0.1, -0.05) is 38.3 Å². The minimum absolute atomic E-state index is 0.0257. The van der Waals surface area contributed by atoms with Gasteiger partial charge in [-0.2, -0.15) is 0 Å². The first-order chi connectivity index (χ1) is 16.0. The molecule has 2 amide bonds. The molecular weight excluding hydrogens is 438 g/mol. The van der Waals surface area contributed by atoms with Gasteiger partial charge in [0.15, 0.2) is 0 Å². The number of rotatable bonds is 7. The fourth-order valence-electron chi connectivity index (χ4n) is 4.93. The zero-order valence-electron chi connectivity index (χ0n) is 19.0. The number of benzene rings is 1. The van der Waals surface area contributed by atoms with E-state index in [-0.39, 0.29) is 35.3 Å². The van der Waals surface area contributed by atoms with Gasteiger partial charge in [0, 0.05) is 23.9 Å². The third-order valence-electron chi connectivity index (χ3n) is 6.71. The molecule has 8 heteroatoms. The van der Waals surface area contributed by atoms with Crippen LogP contribution >= 0.6 is 11.3 Å². The second kappa shape index (κ2) is 10.5. The molecule has 0 spiro atoms. The Hall–Kier alpha value is -2.74. The van der Waals surface area contributed by atoms with E-state index in [0.717, 1.165) is 43.5 Å². The first-order valence-electron chi connectivity index (χ1n) is 11.9. The van der Waals surface area contributed by atoms with Gasteiger partial charge in [-0.05, 0) is 43.7 Å². The monoisotopic (exact) mass is 469 g/mol. The maximum absolute atomic E-state index is 13.7. The van der Waals surface area contributed by atoms with E-state index in [1.165, 1.54) is 29.9 Å². The molecular formula is C25H31N3O4S. The Morgan fingerprint density at radius 1 is 1.18 bits per heavy atom. The zero-order valence-corrected chi connectivity index (χ0v) is 19.8. The third kappa shape index (κ3) is 5.27. The Kier molecular flexibility index (Phi) is 7.42. The van der Waals surface area contributed by atoms with Crippen LogP contribution in [0.5, 0.6) is 5.75 Å². The lowest BCUT2D eigenvalue weighted by Gasteiger charge is -2.34. The zero-order chi connectivity index (χ0) is 23.4. The molecule has 4 rings (SSSR count). The number of likely N-dealkylation sites (tertiary alicyclic amines) is 1. The van der Waals surface area contributed by atoms with Gasteiger partial charge in [-0.25, -0.2) is 4.98 Å². The maximum Gasteiger partial charge on any atom is 0.246 e. The average Bonchev–Trinajstić information content (AvgIpc) is 3.52. The first kappa shape index (κ1) is 23.4. The van der Waals surface area contributed by atoms with Crippen LogP contribution in [0.4, 0.5) is 0 Å². The maximum atomic E-state index is 13.7. The summed E-state index contributed by atoms with van der Waals surface area (Å²) in [6.45, 7) is 2.43.